The Morgan fingerprint density at radius 1 is 1.32 bits per heavy atom. The van der Waals surface area contributed by atoms with Gasteiger partial charge in [0, 0.05) is 13.1 Å². The maximum absolute atomic E-state index is 5.22. The summed E-state index contributed by atoms with van der Waals surface area (Å²) in [6, 6.07) is 7.87. The highest BCUT2D eigenvalue weighted by Gasteiger charge is 2.11. The predicted molar refractivity (Wildman–Crippen MR) is 74.2 cm³/mol. The molecule has 98 valence electrons. The first-order valence-corrected chi connectivity index (χ1v) is 6.28. The summed E-state index contributed by atoms with van der Waals surface area (Å²) in [6.45, 7) is 2.09. The molecule has 0 amide bonds. The predicted octanol–water partition coefficient (Wildman–Crippen LogP) is 2.53. The van der Waals surface area contributed by atoms with Gasteiger partial charge in [0.2, 0.25) is 0 Å². The quantitative estimate of drug-likeness (QED) is 0.783. The lowest BCUT2D eigenvalue weighted by Gasteiger charge is -1.97. The summed E-state index contributed by atoms with van der Waals surface area (Å²) in [6.07, 6.45) is 0.919. The molecule has 0 atom stereocenters. The highest BCUT2D eigenvalue weighted by Crippen LogP contribution is 2.24. The molecule has 0 spiro atoms. The van der Waals surface area contributed by atoms with E-state index in [0.717, 1.165) is 40.4 Å². The second kappa shape index (κ2) is 4.42. The molecule has 0 aliphatic rings. The molecule has 19 heavy (non-hydrogen) atoms. The Morgan fingerprint density at radius 2 is 2.16 bits per heavy atom. The van der Waals surface area contributed by atoms with E-state index in [1.165, 1.54) is 0 Å². The topological polar surface area (TPSA) is 55.7 Å². The van der Waals surface area contributed by atoms with E-state index in [2.05, 4.69) is 28.1 Å². The van der Waals surface area contributed by atoms with Crippen LogP contribution in [0.15, 0.2) is 24.3 Å². The summed E-state index contributed by atoms with van der Waals surface area (Å²) >= 11 is 0. The fraction of sp³-hybridized carbons (Fsp3) is 0.286. The number of aromatic nitrogens is 4. The molecule has 5 nitrogen and oxygen atoms in total. The summed E-state index contributed by atoms with van der Waals surface area (Å²) in [5, 5.41) is 4.44. The molecule has 3 aromatic rings. The number of nitrogens with zero attached hydrogens (tertiary/aromatic N) is 3. The highest BCUT2D eigenvalue weighted by molar-refractivity contribution is 5.80. The van der Waals surface area contributed by atoms with Crippen molar-refractivity contribution < 1.29 is 4.74 Å². The zero-order valence-electron chi connectivity index (χ0n) is 11.3. The van der Waals surface area contributed by atoms with E-state index >= 15 is 0 Å². The smallest absolute Gasteiger partial charge is 0.156 e. The summed E-state index contributed by atoms with van der Waals surface area (Å²) in [4.78, 5) is 7.91. The fourth-order valence-electron chi connectivity index (χ4n) is 2.16. The summed E-state index contributed by atoms with van der Waals surface area (Å²) in [7, 11) is 3.59. The number of H-pyrrole nitrogens is 1. The van der Waals surface area contributed by atoms with E-state index in [-0.39, 0.29) is 0 Å². The van der Waals surface area contributed by atoms with Crippen molar-refractivity contribution in [3.63, 3.8) is 0 Å². The van der Waals surface area contributed by atoms with Crippen LogP contribution in [0, 0.1) is 0 Å². The average molecular weight is 256 g/mol. The van der Waals surface area contributed by atoms with Crippen LogP contribution in [0.25, 0.3) is 22.6 Å². The van der Waals surface area contributed by atoms with Crippen LogP contribution in [0.4, 0.5) is 0 Å². The largest absolute Gasteiger partial charge is 0.497 e. The van der Waals surface area contributed by atoms with Gasteiger partial charge in [-0.2, -0.15) is 5.10 Å². The van der Waals surface area contributed by atoms with E-state index < -0.39 is 0 Å². The molecule has 3 rings (SSSR count). The molecule has 0 fully saturated rings. The van der Waals surface area contributed by atoms with Crippen molar-refractivity contribution in [2.75, 3.05) is 7.11 Å². The lowest BCUT2D eigenvalue weighted by molar-refractivity contribution is 0.415. The molecular weight excluding hydrogens is 240 g/mol. The molecule has 0 bridgehead atoms. The van der Waals surface area contributed by atoms with Gasteiger partial charge >= 0.3 is 0 Å². The Labute approximate surface area is 111 Å². The molecule has 0 radical (unpaired) electrons. The van der Waals surface area contributed by atoms with Crippen molar-refractivity contribution in [3.8, 4) is 17.3 Å². The monoisotopic (exact) mass is 256 g/mol. The SMILES string of the molecule is CCc1cc(-c2nc3ccc(OC)cc3[nH]2)n(C)n1. The Balaban J connectivity index is 2.11. The van der Waals surface area contributed by atoms with Gasteiger partial charge in [0.05, 0.1) is 23.8 Å². The molecule has 0 saturated carbocycles. The Hall–Kier alpha value is -2.30. The van der Waals surface area contributed by atoms with Gasteiger partial charge in [0.25, 0.3) is 0 Å². The number of ether oxygens (including phenoxy) is 1. The number of methoxy groups -OCH3 is 1. The number of aryl methyl sites for hydroxylation is 2. The Bertz CT molecular complexity index is 726. The highest BCUT2D eigenvalue weighted by atomic mass is 16.5. The third-order valence-electron chi connectivity index (χ3n) is 3.22. The minimum atomic E-state index is 0.821. The van der Waals surface area contributed by atoms with E-state index in [1.54, 1.807) is 7.11 Å². The number of aromatic amines is 1. The van der Waals surface area contributed by atoms with Gasteiger partial charge in [-0.1, -0.05) is 6.92 Å². The Morgan fingerprint density at radius 3 is 2.84 bits per heavy atom. The van der Waals surface area contributed by atoms with Gasteiger partial charge < -0.3 is 9.72 Å². The fourth-order valence-corrected chi connectivity index (χ4v) is 2.16. The zero-order valence-corrected chi connectivity index (χ0v) is 11.3. The van der Waals surface area contributed by atoms with Crippen LogP contribution in [-0.2, 0) is 13.5 Å². The summed E-state index contributed by atoms with van der Waals surface area (Å²) < 4.78 is 7.07. The van der Waals surface area contributed by atoms with Crippen LogP contribution < -0.4 is 4.74 Å². The van der Waals surface area contributed by atoms with Crippen LogP contribution in [0.3, 0.4) is 0 Å². The minimum Gasteiger partial charge on any atom is -0.497 e. The number of imidazole rings is 1. The van der Waals surface area contributed by atoms with Crippen LogP contribution in [0.2, 0.25) is 0 Å². The van der Waals surface area contributed by atoms with Crippen molar-refractivity contribution >= 4 is 11.0 Å². The molecule has 1 N–H and O–H groups in total. The molecule has 0 unspecified atom stereocenters. The van der Waals surface area contributed by atoms with E-state index in [4.69, 9.17) is 4.74 Å². The molecule has 0 aliphatic carbocycles. The number of rotatable bonds is 3. The van der Waals surface area contributed by atoms with Gasteiger partial charge in [-0.05, 0) is 24.6 Å². The van der Waals surface area contributed by atoms with Gasteiger partial charge in [-0.25, -0.2) is 4.98 Å². The van der Waals surface area contributed by atoms with E-state index in [1.807, 2.05) is 29.9 Å². The standard InChI is InChI=1S/C14H16N4O/c1-4-9-7-13(18(2)17-9)14-15-11-6-5-10(19-3)8-12(11)16-14/h5-8H,4H2,1-3H3,(H,15,16). The first-order valence-electron chi connectivity index (χ1n) is 6.28. The zero-order chi connectivity index (χ0) is 13.4. The molecule has 0 saturated heterocycles. The van der Waals surface area contributed by atoms with Gasteiger partial charge in [0.15, 0.2) is 5.82 Å². The molecular formula is C14H16N4O. The van der Waals surface area contributed by atoms with E-state index in [0.29, 0.717) is 0 Å². The first kappa shape index (κ1) is 11.8. The lowest BCUT2D eigenvalue weighted by atomic mass is 10.3. The third-order valence-corrected chi connectivity index (χ3v) is 3.22. The number of fused-ring (bicyclic) bond motifs is 1. The molecule has 0 aliphatic heterocycles. The molecule has 1 aromatic carbocycles. The van der Waals surface area contributed by atoms with E-state index in [9.17, 15) is 0 Å². The van der Waals surface area contributed by atoms with Crippen LogP contribution in [0.1, 0.15) is 12.6 Å². The minimum absolute atomic E-state index is 0.821. The maximum Gasteiger partial charge on any atom is 0.156 e. The van der Waals surface area contributed by atoms with Crippen molar-refractivity contribution in [3.05, 3.63) is 30.0 Å². The normalized spacial score (nSPS) is 11.1. The molecule has 5 heteroatoms. The lowest BCUT2D eigenvalue weighted by Crippen LogP contribution is -1.95. The van der Waals surface area contributed by atoms with Crippen molar-refractivity contribution in [2.45, 2.75) is 13.3 Å². The number of hydrogen-bond donors (Lipinski definition) is 1. The summed E-state index contributed by atoms with van der Waals surface area (Å²) in [5.74, 6) is 1.65. The third kappa shape index (κ3) is 1.97. The molecule has 2 aromatic heterocycles. The maximum atomic E-state index is 5.22. The van der Waals surface area contributed by atoms with Crippen LogP contribution in [-0.4, -0.2) is 26.9 Å². The number of nitrogens with one attached hydrogen (secondary N) is 1. The second-order valence-corrected chi connectivity index (χ2v) is 4.47. The first-order chi connectivity index (χ1) is 9.21. The molecule has 2 heterocycles. The average Bonchev–Trinajstić information content (AvgIpc) is 3.00. The van der Waals surface area contributed by atoms with Gasteiger partial charge in [0.1, 0.15) is 11.4 Å². The Kier molecular flexibility index (Phi) is 2.74. The number of hydrogen-bond acceptors (Lipinski definition) is 3. The van der Waals surface area contributed by atoms with Crippen molar-refractivity contribution in [2.24, 2.45) is 7.05 Å². The van der Waals surface area contributed by atoms with Gasteiger partial charge in [-0.15, -0.1) is 0 Å². The second-order valence-electron chi connectivity index (χ2n) is 4.47. The van der Waals surface area contributed by atoms with Gasteiger partial charge in [-0.3, -0.25) is 4.68 Å². The number of benzene rings is 1. The summed E-state index contributed by atoms with van der Waals surface area (Å²) in [5.41, 5.74) is 3.95. The van der Waals surface area contributed by atoms with Crippen LogP contribution >= 0.6 is 0 Å². The van der Waals surface area contributed by atoms with Crippen molar-refractivity contribution in [1.82, 2.24) is 19.7 Å². The van der Waals surface area contributed by atoms with Crippen molar-refractivity contribution in [1.29, 1.82) is 0 Å². The van der Waals surface area contributed by atoms with Crippen LogP contribution in [0.5, 0.6) is 5.75 Å².